The molecule has 0 bridgehead atoms. The largest absolute Gasteiger partial charge is 0.475 e. The minimum Gasteiger partial charge on any atom is -0.475 e. The number of nitrogens with zero attached hydrogens (tertiary/aromatic N) is 1. The minimum atomic E-state index is -1.03. The van der Waals surface area contributed by atoms with Crippen molar-refractivity contribution in [1.82, 2.24) is 4.90 Å². The first-order chi connectivity index (χ1) is 8.93. The van der Waals surface area contributed by atoms with Crippen LogP contribution in [0.15, 0.2) is 10.5 Å². The Morgan fingerprint density at radius 2 is 2.21 bits per heavy atom. The molecule has 0 unspecified atom stereocenters. The molecule has 0 fully saturated rings. The van der Waals surface area contributed by atoms with Gasteiger partial charge in [-0.05, 0) is 18.9 Å². The first kappa shape index (κ1) is 15.7. The van der Waals surface area contributed by atoms with Crippen molar-refractivity contribution in [3.8, 4) is 0 Å². The Labute approximate surface area is 114 Å². The average Bonchev–Trinajstić information content (AvgIpc) is 2.67. The number of ether oxygens (including phenoxy) is 1. The maximum Gasteiger partial charge on any atom is 0.371 e. The predicted octanol–water partition coefficient (Wildman–Crippen LogP) is 2.39. The standard InChI is InChI=1S/C14H23NO4/c1-10(2)8-15(5-6-18-4)9-12-7-13(14(16)17)19-11(12)3/h7,10H,5-6,8-9H2,1-4H3,(H,16,17). The van der Waals surface area contributed by atoms with Crippen molar-refractivity contribution in [3.63, 3.8) is 0 Å². The van der Waals surface area contributed by atoms with Crippen LogP contribution in [0.2, 0.25) is 0 Å². The van der Waals surface area contributed by atoms with E-state index in [4.69, 9.17) is 14.3 Å². The van der Waals surface area contributed by atoms with E-state index >= 15 is 0 Å². The van der Waals surface area contributed by atoms with Crippen LogP contribution in [-0.4, -0.2) is 42.8 Å². The second-order valence-corrected chi connectivity index (χ2v) is 5.12. The molecule has 0 spiro atoms. The summed E-state index contributed by atoms with van der Waals surface area (Å²) in [5.41, 5.74) is 0.925. The van der Waals surface area contributed by atoms with Crippen LogP contribution in [0.3, 0.4) is 0 Å². The van der Waals surface area contributed by atoms with Crippen molar-refractivity contribution in [2.75, 3.05) is 26.8 Å². The van der Waals surface area contributed by atoms with E-state index in [1.807, 2.05) is 0 Å². The Morgan fingerprint density at radius 1 is 1.53 bits per heavy atom. The molecule has 0 aromatic carbocycles. The van der Waals surface area contributed by atoms with E-state index in [9.17, 15) is 4.79 Å². The third kappa shape index (κ3) is 5.04. The lowest BCUT2D eigenvalue weighted by molar-refractivity contribution is 0.0661. The van der Waals surface area contributed by atoms with E-state index in [1.165, 1.54) is 0 Å². The summed E-state index contributed by atoms with van der Waals surface area (Å²) in [7, 11) is 1.68. The lowest BCUT2D eigenvalue weighted by Crippen LogP contribution is -2.30. The summed E-state index contributed by atoms with van der Waals surface area (Å²) in [6, 6.07) is 1.61. The molecule has 0 amide bonds. The number of carboxylic acid groups (broad SMARTS) is 1. The van der Waals surface area contributed by atoms with Crippen molar-refractivity contribution >= 4 is 5.97 Å². The van der Waals surface area contributed by atoms with Crippen LogP contribution in [-0.2, 0) is 11.3 Å². The summed E-state index contributed by atoms with van der Waals surface area (Å²) in [5.74, 6) is 0.192. The molecule has 1 heterocycles. The van der Waals surface area contributed by atoms with E-state index < -0.39 is 5.97 Å². The van der Waals surface area contributed by atoms with Crippen molar-refractivity contribution in [2.45, 2.75) is 27.3 Å². The van der Waals surface area contributed by atoms with Crippen LogP contribution < -0.4 is 0 Å². The fourth-order valence-electron chi connectivity index (χ4n) is 1.99. The van der Waals surface area contributed by atoms with Gasteiger partial charge in [-0.25, -0.2) is 4.79 Å². The second kappa shape index (κ2) is 7.31. The number of methoxy groups -OCH3 is 1. The molecule has 19 heavy (non-hydrogen) atoms. The number of carboxylic acids is 1. The number of hydrogen-bond donors (Lipinski definition) is 1. The van der Waals surface area contributed by atoms with Gasteiger partial charge in [0.05, 0.1) is 6.61 Å². The Kier molecular flexibility index (Phi) is 6.05. The fraction of sp³-hybridized carbons (Fsp3) is 0.643. The third-order valence-electron chi connectivity index (χ3n) is 2.86. The van der Waals surface area contributed by atoms with E-state index in [0.29, 0.717) is 24.8 Å². The first-order valence-corrected chi connectivity index (χ1v) is 6.48. The summed E-state index contributed by atoms with van der Waals surface area (Å²) in [4.78, 5) is 13.1. The zero-order chi connectivity index (χ0) is 14.4. The van der Waals surface area contributed by atoms with Crippen LogP contribution in [0.1, 0.15) is 35.7 Å². The number of hydrogen-bond acceptors (Lipinski definition) is 4. The summed E-state index contributed by atoms with van der Waals surface area (Å²) in [6.07, 6.45) is 0. The molecule has 0 atom stereocenters. The summed E-state index contributed by atoms with van der Waals surface area (Å²) < 4.78 is 10.3. The van der Waals surface area contributed by atoms with Gasteiger partial charge in [0, 0.05) is 32.3 Å². The van der Waals surface area contributed by atoms with Gasteiger partial charge >= 0.3 is 5.97 Å². The monoisotopic (exact) mass is 269 g/mol. The summed E-state index contributed by atoms with van der Waals surface area (Å²) >= 11 is 0. The highest BCUT2D eigenvalue weighted by Gasteiger charge is 2.16. The SMILES string of the molecule is COCCN(Cc1cc(C(=O)O)oc1C)CC(C)C. The zero-order valence-electron chi connectivity index (χ0n) is 12.1. The smallest absolute Gasteiger partial charge is 0.371 e. The Bertz CT molecular complexity index is 412. The molecule has 1 rings (SSSR count). The molecule has 0 aliphatic rings. The quantitative estimate of drug-likeness (QED) is 0.785. The molecule has 0 aliphatic carbocycles. The Hall–Kier alpha value is -1.33. The van der Waals surface area contributed by atoms with Crippen LogP contribution in [0, 0.1) is 12.8 Å². The number of rotatable bonds is 8. The summed E-state index contributed by atoms with van der Waals surface area (Å²) in [5, 5.41) is 8.92. The van der Waals surface area contributed by atoms with E-state index in [0.717, 1.165) is 18.7 Å². The van der Waals surface area contributed by atoms with Gasteiger partial charge in [0.15, 0.2) is 0 Å². The van der Waals surface area contributed by atoms with Gasteiger partial charge in [0.2, 0.25) is 5.76 Å². The molecule has 108 valence electrons. The molecular formula is C14H23NO4. The van der Waals surface area contributed by atoms with E-state index in [-0.39, 0.29) is 5.76 Å². The molecule has 0 radical (unpaired) electrons. The molecular weight excluding hydrogens is 246 g/mol. The molecule has 1 aromatic rings. The van der Waals surface area contributed by atoms with Crippen molar-refractivity contribution < 1.29 is 19.1 Å². The highest BCUT2D eigenvalue weighted by molar-refractivity contribution is 5.84. The van der Waals surface area contributed by atoms with Gasteiger partial charge in [0.25, 0.3) is 0 Å². The van der Waals surface area contributed by atoms with Gasteiger partial charge in [-0.2, -0.15) is 0 Å². The van der Waals surface area contributed by atoms with Gasteiger partial charge in [-0.1, -0.05) is 13.8 Å². The topological polar surface area (TPSA) is 62.9 Å². The second-order valence-electron chi connectivity index (χ2n) is 5.12. The van der Waals surface area contributed by atoms with Crippen molar-refractivity contribution in [2.24, 2.45) is 5.92 Å². The number of aromatic carboxylic acids is 1. The first-order valence-electron chi connectivity index (χ1n) is 6.48. The highest BCUT2D eigenvalue weighted by atomic mass is 16.5. The lowest BCUT2D eigenvalue weighted by Gasteiger charge is -2.23. The van der Waals surface area contributed by atoms with E-state index in [2.05, 4.69) is 18.7 Å². The molecule has 5 nitrogen and oxygen atoms in total. The maximum absolute atomic E-state index is 10.9. The van der Waals surface area contributed by atoms with Gasteiger partial charge in [0.1, 0.15) is 5.76 Å². The van der Waals surface area contributed by atoms with Gasteiger partial charge < -0.3 is 14.3 Å². The Balaban J connectivity index is 2.74. The number of furan rings is 1. The van der Waals surface area contributed by atoms with Gasteiger partial charge in [-0.3, -0.25) is 4.90 Å². The normalized spacial score (nSPS) is 11.5. The molecule has 0 saturated carbocycles. The van der Waals surface area contributed by atoms with Crippen molar-refractivity contribution in [3.05, 3.63) is 23.2 Å². The maximum atomic E-state index is 10.9. The zero-order valence-corrected chi connectivity index (χ0v) is 12.1. The van der Waals surface area contributed by atoms with Crippen LogP contribution in [0.5, 0.6) is 0 Å². The summed E-state index contributed by atoms with van der Waals surface area (Å²) in [6.45, 7) is 9.22. The van der Waals surface area contributed by atoms with Crippen LogP contribution in [0.25, 0.3) is 0 Å². The van der Waals surface area contributed by atoms with E-state index in [1.54, 1.807) is 20.1 Å². The van der Waals surface area contributed by atoms with Crippen LogP contribution in [0.4, 0.5) is 0 Å². The fourth-order valence-corrected chi connectivity index (χ4v) is 1.99. The number of carbonyl (C=O) groups is 1. The molecule has 0 aliphatic heterocycles. The number of aryl methyl sites for hydroxylation is 1. The molecule has 1 aromatic heterocycles. The highest BCUT2D eigenvalue weighted by Crippen LogP contribution is 2.17. The lowest BCUT2D eigenvalue weighted by atomic mass is 10.1. The van der Waals surface area contributed by atoms with Gasteiger partial charge in [-0.15, -0.1) is 0 Å². The van der Waals surface area contributed by atoms with Crippen LogP contribution >= 0.6 is 0 Å². The molecule has 0 saturated heterocycles. The average molecular weight is 269 g/mol. The van der Waals surface area contributed by atoms with Crippen molar-refractivity contribution in [1.29, 1.82) is 0 Å². The minimum absolute atomic E-state index is 0.00346. The molecule has 5 heteroatoms. The molecule has 1 N–H and O–H groups in total. The predicted molar refractivity (Wildman–Crippen MR) is 72.4 cm³/mol. The Morgan fingerprint density at radius 3 is 2.68 bits per heavy atom. The third-order valence-corrected chi connectivity index (χ3v) is 2.86.